The summed E-state index contributed by atoms with van der Waals surface area (Å²) >= 11 is 1.82. The number of ether oxygens (including phenoxy) is 1. The zero-order chi connectivity index (χ0) is 19.8. The molecule has 0 spiro atoms. The van der Waals surface area contributed by atoms with Crippen LogP contribution in [0, 0.1) is 10.1 Å². The number of thioether (sulfide) groups is 1. The average molecular weight is 393 g/mol. The summed E-state index contributed by atoms with van der Waals surface area (Å²) < 4.78 is 5.28. The highest BCUT2D eigenvalue weighted by atomic mass is 32.2. The molecule has 3 aromatic rings. The number of benzene rings is 3. The van der Waals surface area contributed by atoms with Gasteiger partial charge in [0.1, 0.15) is 6.61 Å². The molecule has 0 aromatic heterocycles. The molecule has 0 aliphatic carbocycles. The summed E-state index contributed by atoms with van der Waals surface area (Å²) in [5, 5.41) is 10.6. The van der Waals surface area contributed by atoms with Crippen LogP contribution in [0.1, 0.15) is 27.0 Å². The van der Waals surface area contributed by atoms with E-state index in [2.05, 4.69) is 12.1 Å². The number of carbonyl (C=O) groups is 1. The van der Waals surface area contributed by atoms with E-state index in [1.165, 1.54) is 17.7 Å². The molecule has 0 bridgehead atoms. The molecule has 0 atom stereocenters. The zero-order valence-corrected chi connectivity index (χ0v) is 15.9. The Morgan fingerprint density at radius 1 is 0.821 bits per heavy atom. The highest BCUT2D eigenvalue weighted by Gasteiger charge is 2.09. The maximum Gasteiger partial charge on any atom is 0.338 e. The first-order valence-electron chi connectivity index (χ1n) is 8.73. The van der Waals surface area contributed by atoms with Gasteiger partial charge in [-0.2, -0.15) is 11.8 Å². The number of nitrogens with zero attached hydrogens (tertiary/aromatic N) is 1. The van der Waals surface area contributed by atoms with E-state index in [-0.39, 0.29) is 12.3 Å². The number of esters is 1. The molecule has 3 rings (SSSR count). The standard InChI is InChI=1S/C22H19NO4S/c24-22(27-14-17-8-12-21(13-9-17)23(25)26)20-10-6-19(7-11-20)16-28-15-18-4-2-1-3-5-18/h1-13H,14-16H2. The summed E-state index contributed by atoms with van der Waals surface area (Å²) in [6.07, 6.45) is 0. The van der Waals surface area contributed by atoms with E-state index >= 15 is 0 Å². The largest absolute Gasteiger partial charge is 0.457 e. The van der Waals surface area contributed by atoms with Crippen LogP contribution in [-0.2, 0) is 22.8 Å². The summed E-state index contributed by atoms with van der Waals surface area (Å²) in [6, 6.07) is 23.6. The van der Waals surface area contributed by atoms with Crippen molar-refractivity contribution in [3.63, 3.8) is 0 Å². The maximum absolute atomic E-state index is 12.2. The van der Waals surface area contributed by atoms with Crippen LogP contribution in [-0.4, -0.2) is 10.9 Å². The highest BCUT2D eigenvalue weighted by molar-refractivity contribution is 7.97. The number of non-ortho nitro benzene ring substituents is 1. The zero-order valence-electron chi connectivity index (χ0n) is 15.1. The van der Waals surface area contributed by atoms with Crippen molar-refractivity contribution >= 4 is 23.4 Å². The summed E-state index contributed by atoms with van der Waals surface area (Å²) in [5.74, 6) is 1.40. The molecule has 0 heterocycles. The van der Waals surface area contributed by atoms with E-state index in [0.717, 1.165) is 17.1 Å². The second kappa shape index (κ2) is 9.71. The van der Waals surface area contributed by atoms with Gasteiger partial charge < -0.3 is 4.74 Å². The smallest absolute Gasteiger partial charge is 0.338 e. The minimum atomic E-state index is -0.463. The summed E-state index contributed by atoms with van der Waals surface area (Å²) in [6.45, 7) is 0.0749. The van der Waals surface area contributed by atoms with Crippen molar-refractivity contribution < 1.29 is 14.5 Å². The van der Waals surface area contributed by atoms with Crippen molar-refractivity contribution in [3.8, 4) is 0 Å². The third-order valence-corrected chi connectivity index (χ3v) is 5.16. The van der Waals surface area contributed by atoms with Gasteiger partial charge in [-0.05, 0) is 41.0 Å². The van der Waals surface area contributed by atoms with Gasteiger partial charge in [-0.3, -0.25) is 10.1 Å². The van der Waals surface area contributed by atoms with Crippen molar-refractivity contribution in [3.05, 3.63) is 111 Å². The molecule has 3 aromatic carbocycles. The predicted molar refractivity (Wildman–Crippen MR) is 110 cm³/mol. The van der Waals surface area contributed by atoms with E-state index in [9.17, 15) is 14.9 Å². The first kappa shape index (κ1) is 19.6. The fraction of sp³-hybridized carbons (Fsp3) is 0.136. The van der Waals surface area contributed by atoms with E-state index < -0.39 is 10.9 Å². The monoisotopic (exact) mass is 393 g/mol. The van der Waals surface area contributed by atoms with Crippen LogP contribution in [0.25, 0.3) is 0 Å². The quantitative estimate of drug-likeness (QED) is 0.292. The van der Waals surface area contributed by atoms with E-state index in [4.69, 9.17) is 4.74 Å². The van der Waals surface area contributed by atoms with Crippen LogP contribution in [0.15, 0.2) is 78.9 Å². The van der Waals surface area contributed by atoms with E-state index in [0.29, 0.717) is 11.1 Å². The number of carbonyl (C=O) groups excluding carboxylic acids is 1. The number of hydrogen-bond acceptors (Lipinski definition) is 5. The normalized spacial score (nSPS) is 10.4. The number of hydrogen-bond donors (Lipinski definition) is 0. The van der Waals surface area contributed by atoms with Gasteiger partial charge in [-0.25, -0.2) is 4.79 Å². The minimum Gasteiger partial charge on any atom is -0.457 e. The van der Waals surface area contributed by atoms with E-state index in [1.54, 1.807) is 24.3 Å². The lowest BCUT2D eigenvalue weighted by atomic mass is 10.1. The molecule has 142 valence electrons. The molecule has 5 nitrogen and oxygen atoms in total. The topological polar surface area (TPSA) is 69.4 Å². The van der Waals surface area contributed by atoms with Crippen LogP contribution in [0.5, 0.6) is 0 Å². The average Bonchev–Trinajstić information content (AvgIpc) is 2.73. The lowest BCUT2D eigenvalue weighted by Crippen LogP contribution is -2.05. The Morgan fingerprint density at radius 3 is 2.00 bits per heavy atom. The molecular formula is C22H19NO4S. The van der Waals surface area contributed by atoms with Gasteiger partial charge in [0, 0.05) is 23.6 Å². The predicted octanol–water partition coefficient (Wildman–Crippen LogP) is 5.39. The Labute approximate surface area is 167 Å². The van der Waals surface area contributed by atoms with Crippen molar-refractivity contribution in [1.29, 1.82) is 0 Å². The molecule has 0 amide bonds. The molecule has 6 heteroatoms. The van der Waals surface area contributed by atoms with Crippen molar-refractivity contribution in [2.45, 2.75) is 18.1 Å². The van der Waals surface area contributed by atoms with Gasteiger partial charge in [0.05, 0.1) is 10.5 Å². The maximum atomic E-state index is 12.2. The Bertz CT molecular complexity index is 925. The van der Waals surface area contributed by atoms with Crippen molar-refractivity contribution in [1.82, 2.24) is 0 Å². The first-order chi connectivity index (χ1) is 13.6. The Morgan fingerprint density at radius 2 is 1.39 bits per heavy atom. The van der Waals surface area contributed by atoms with Gasteiger partial charge in [-0.15, -0.1) is 0 Å². The third kappa shape index (κ3) is 5.69. The number of nitro benzene ring substituents is 1. The highest BCUT2D eigenvalue weighted by Crippen LogP contribution is 2.19. The fourth-order valence-electron chi connectivity index (χ4n) is 2.54. The SMILES string of the molecule is O=C(OCc1ccc([N+](=O)[O-])cc1)c1ccc(CSCc2ccccc2)cc1. The second-order valence-corrected chi connectivity index (χ2v) is 7.16. The van der Waals surface area contributed by atoms with Gasteiger partial charge in [-0.1, -0.05) is 42.5 Å². The Balaban J connectivity index is 1.47. The Kier molecular flexibility index (Phi) is 6.81. The molecule has 0 aliphatic rings. The molecule has 0 radical (unpaired) electrons. The lowest BCUT2D eigenvalue weighted by molar-refractivity contribution is -0.384. The molecule has 0 saturated carbocycles. The first-order valence-corrected chi connectivity index (χ1v) is 9.88. The van der Waals surface area contributed by atoms with Crippen LogP contribution in [0.2, 0.25) is 0 Å². The summed E-state index contributed by atoms with van der Waals surface area (Å²) in [4.78, 5) is 22.4. The summed E-state index contributed by atoms with van der Waals surface area (Å²) in [5.41, 5.74) is 3.63. The van der Waals surface area contributed by atoms with Crippen molar-refractivity contribution in [2.24, 2.45) is 0 Å². The van der Waals surface area contributed by atoms with Gasteiger partial charge in [0.2, 0.25) is 0 Å². The molecule has 0 fully saturated rings. The third-order valence-electron chi connectivity index (χ3n) is 4.09. The van der Waals surface area contributed by atoms with Crippen molar-refractivity contribution in [2.75, 3.05) is 0 Å². The lowest BCUT2D eigenvalue weighted by Gasteiger charge is -2.06. The molecule has 0 saturated heterocycles. The van der Waals surface area contributed by atoms with Gasteiger partial charge >= 0.3 is 5.97 Å². The van der Waals surface area contributed by atoms with Crippen LogP contribution >= 0.6 is 11.8 Å². The number of rotatable bonds is 8. The van der Waals surface area contributed by atoms with Crippen LogP contribution in [0.4, 0.5) is 5.69 Å². The van der Waals surface area contributed by atoms with Crippen LogP contribution in [0.3, 0.4) is 0 Å². The second-order valence-electron chi connectivity index (χ2n) is 6.18. The van der Waals surface area contributed by atoms with Gasteiger partial charge in [0.15, 0.2) is 0 Å². The number of nitro groups is 1. The summed E-state index contributed by atoms with van der Waals surface area (Å²) in [7, 11) is 0. The molecular weight excluding hydrogens is 374 g/mol. The fourth-order valence-corrected chi connectivity index (χ4v) is 3.50. The van der Waals surface area contributed by atoms with E-state index in [1.807, 2.05) is 42.1 Å². The molecule has 28 heavy (non-hydrogen) atoms. The Hall–Kier alpha value is -3.12. The molecule has 0 unspecified atom stereocenters. The van der Waals surface area contributed by atoms with Gasteiger partial charge in [0.25, 0.3) is 5.69 Å². The minimum absolute atomic E-state index is 0.01000. The molecule has 0 N–H and O–H groups in total. The molecule has 0 aliphatic heterocycles. The van der Waals surface area contributed by atoms with Crippen LogP contribution < -0.4 is 0 Å².